The minimum absolute atomic E-state index is 0.0445. The predicted octanol–water partition coefficient (Wildman–Crippen LogP) is 2.68. The van der Waals surface area contributed by atoms with E-state index in [9.17, 15) is 14.4 Å². The minimum atomic E-state index is -1.05. The quantitative estimate of drug-likeness (QED) is 0.147. The van der Waals surface area contributed by atoms with Gasteiger partial charge in [0.2, 0.25) is 11.8 Å². The van der Waals surface area contributed by atoms with E-state index in [0.717, 1.165) is 26.7 Å². The van der Waals surface area contributed by atoms with Crippen LogP contribution in [0.2, 0.25) is 0 Å². The second-order valence-electron chi connectivity index (χ2n) is 10.5. The Hall–Kier alpha value is -4.39. The number of hydrogen-bond donors (Lipinski definition) is 4. The number of aromatic nitrogens is 1. The molecule has 3 amide bonds. The monoisotopic (exact) mass is 586 g/mol. The lowest BCUT2D eigenvalue weighted by Gasteiger charge is -2.25. The van der Waals surface area contributed by atoms with E-state index >= 15 is 0 Å². The first-order valence-electron chi connectivity index (χ1n) is 13.6. The number of nitrogen functional groups attached to an aromatic ring is 1. The van der Waals surface area contributed by atoms with Crippen molar-refractivity contribution in [2.75, 3.05) is 26.3 Å². The van der Waals surface area contributed by atoms with Gasteiger partial charge in [-0.25, -0.2) is 4.98 Å². The topological polar surface area (TPSA) is 160 Å². The first-order valence-corrected chi connectivity index (χ1v) is 14.5. The molecule has 0 aliphatic carbocycles. The molecule has 2 atom stereocenters. The summed E-state index contributed by atoms with van der Waals surface area (Å²) in [6.07, 6.45) is 0.181. The van der Waals surface area contributed by atoms with E-state index in [0.29, 0.717) is 24.3 Å². The van der Waals surface area contributed by atoms with E-state index in [4.69, 9.17) is 20.6 Å². The van der Waals surface area contributed by atoms with Crippen LogP contribution in [0.4, 0.5) is 0 Å². The highest BCUT2D eigenvalue weighted by Gasteiger charge is 2.52. The SMILES string of the molecule is C[C@@H](NC(=O)C1CC2(CN1C(=O)CNC(=O)c1ccc3nc4ccccc4cc3c1)OCCO2)c1cc(C(=N)N)cs1. The van der Waals surface area contributed by atoms with Gasteiger partial charge in [0.15, 0.2) is 5.79 Å². The summed E-state index contributed by atoms with van der Waals surface area (Å²) in [6.45, 7) is 2.36. The fourth-order valence-electron chi connectivity index (χ4n) is 5.42. The number of rotatable bonds is 7. The number of nitrogens with two attached hydrogens (primary N) is 1. The van der Waals surface area contributed by atoms with Crippen LogP contribution in [-0.4, -0.2) is 71.6 Å². The Balaban J connectivity index is 1.14. The fraction of sp³-hybridized carbons (Fsp3) is 0.300. The largest absolute Gasteiger partial charge is 0.384 e. The summed E-state index contributed by atoms with van der Waals surface area (Å²) in [5.74, 6) is -2.28. The molecule has 0 bridgehead atoms. The van der Waals surface area contributed by atoms with Crippen molar-refractivity contribution in [1.29, 1.82) is 5.41 Å². The highest BCUT2D eigenvalue weighted by Crippen LogP contribution is 2.35. The number of thiophene rings is 1. The van der Waals surface area contributed by atoms with E-state index in [1.165, 1.54) is 16.2 Å². The average molecular weight is 587 g/mol. The Bertz CT molecular complexity index is 1710. The van der Waals surface area contributed by atoms with Crippen LogP contribution >= 0.6 is 11.3 Å². The van der Waals surface area contributed by atoms with Crippen molar-refractivity contribution in [3.8, 4) is 0 Å². The molecule has 2 aromatic heterocycles. The van der Waals surface area contributed by atoms with Gasteiger partial charge in [-0.1, -0.05) is 18.2 Å². The van der Waals surface area contributed by atoms with Gasteiger partial charge < -0.3 is 30.7 Å². The molecule has 1 spiro atoms. The molecule has 216 valence electrons. The zero-order valence-corrected chi connectivity index (χ0v) is 23.7. The third-order valence-corrected chi connectivity index (χ3v) is 8.74. The number of amidine groups is 1. The average Bonchev–Trinajstić information content (AvgIpc) is 3.75. The molecule has 11 nitrogen and oxygen atoms in total. The van der Waals surface area contributed by atoms with Crippen molar-refractivity contribution < 1.29 is 23.9 Å². The van der Waals surface area contributed by atoms with Crippen LogP contribution < -0.4 is 16.4 Å². The molecule has 0 radical (unpaired) electrons. The molecule has 6 rings (SSSR count). The standard InChI is InChI=1S/C30H30N6O5S/c1-17(25-12-21(15-42-25)27(31)32)34-29(39)24-13-30(40-8-9-41-30)16-36(24)26(37)14-33-28(38)19-6-7-23-20(11-19)10-18-4-2-3-5-22(18)35-23/h2-7,10-12,15,17,24H,8-9,13-14,16H2,1H3,(H3,31,32)(H,33,38)(H,34,39)/t17-,24?/m1/s1. The molecule has 0 saturated carbocycles. The Morgan fingerprint density at radius 2 is 1.86 bits per heavy atom. The van der Waals surface area contributed by atoms with Crippen molar-refractivity contribution in [3.63, 3.8) is 0 Å². The molecule has 2 fully saturated rings. The fourth-order valence-corrected chi connectivity index (χ4v) is 6.34. The van der Waals surface area contributed by atoms with Crippen molar-refractivity contribution in [1.82, 2.24) is 20.5 Å². The van der Waals surface area contributed by atoms with Gasteiger partial charge in [-0.2, -0.15) is 0 Å². The van der Waals surface area contributed by atoms with E-state index in [2.05, 4.69) is 15.6 Å². The van der Waals surface area contributed by atoms with Gasteiger partial charge in [0.25, 0.3) is 5.91 Å². The highest BCUT2D eigenvalue weighted by atomic mass is 32.1. The number of hydrogen-bond acceptors (Lipinski definition) is 8. The lowest BCUT2D eigenvalue weighted by molar-refractivity contribution is -0.152. The van der Waals surface area contributed by atoms with E-state index in [-0.39, 0.29) is 37.3 Å². The number of amides is 3. The lowest BCUT2D eigenvalue weighted by atomic mass is 10.1. The second-order valence-corrected chi connectivity index (χ2v) is 11.4. The number of ether oxygens (including phenoxy) is 2. The number of carbonyl (C=O) groups is 3. The zero-order valence-electron chi connectivity index (χ0n) is 22.9. The van der Waals surface area contributed by atoms with Crippen LogP contribution in [0.5, 0.6) is 0 Å². The molecule has 4 aromatic rings. The molecule has 4 heterocycles. The van der Waals surface area contributed by atoms with Crippen LogP contribution in [-0.2, 0) is 19.1 Å². The highest BCUT2D eigenvalue weighted by molar-refractivity contribution is 7.10. The van der Waals surface area contributed by atoms with Gasteiger partial charge in [-0.15, -0.1) is 11.3 Å². The number of nitrogens with zero attached hydrogens (tertiary/aromatic N) is 2. The molecule has 42 heavy (non-hydrogen) atoms. The van der Waals surface area contributed by atoms with Gasteiger partial charge in [0.05, 0.1) is 43.4 Å². The third kappa shape index (κ3) is 5.43. The molecule has 2 saturated heterocycles. The molecular formula is C30H30N6O5S. The molecule has 2 aliphatic heterocycles. The maximum atomic E-state index is 13.4. The number of nitrogens with one attached hydrogen (secondary N) is 3. The summed E-state index contributed by atoms with van der Waals surface area (Å²) < 4.78 is 11.6. The first kappa shape index (κ1) is 27.8. The second kappa shape index (κ2) is 11.1. The van der Waals surface area contributed by atoms with Crippen LogP contribution in [0.1, 0.15) is 40.2 Å². The van der Waals surface area contributed by atoms with Crippen molar-refractivity contribution >= 4 is 56.7 Å². The van der Waals surface area contributed by atoms with Crippen LogP contribution in [0, 0.1) is 5.41 Å². The predicted molar refractivity (Wildman–Crippen MR) is 158 cm³/mol. The van der Waals surface area contributed by atoms with Crippen molar-refractivity contribution in [3.05, 3.63) is 76.0 Å². The Labute approximate surface area is 245 Å². The molecular weight excluding hydrogens is 556 g/mol. The van der Waals surface area contributed by atoms with Crippen LogP contribution in [0.15, 0.2) is 60.0 Å². The summed E-state index contributed by atoms with van der Waals surface area (Å²) in [5.41, 5.74) is 8.20. The van der Waals surface area contributed by atoms with E-state index in [1.807, 2.05) is 37.3 Å². The molecule has 5 N–H and O–H groups in total. The number of likely N-dealkylation sites (tertiary alicyclic amines) is 1. The molecule has 12 heteroatoms. The normalized spacial score (nSPS) is 18.4. The first-order chi connectivity index (χ1) is 20.2. The zero-order chi connectivity index (χ0) is 29.4. The van der Waals surface area contributed by atoms with Gasteiger partial charge in [-0.05, 0) is 43.3 Å². The van der Waals surface area contributed by atoms with Gasteiger partial charge in [0.1, 0.15) is 11.9 Å². The third-order valence-electron chi connectivity index (χ3n) is 7.62. The maximum absolute atomic E-state index is 13.4. The van der Waals surface area contributed by atoms with Crippen LogP contribution in [0.3, 0.4) is 0 Å². The number of benzene rings is 2. The van der Waals surface area contributed by atoms with Gasteiger partial charge in [0, 0.05) is 38.6 Å². The molecule has 2 aromatic carbocycles. The maximum Gasteiger partial charge on any atom is 0.251 e. The number of carbonyl (C=O) groups excluding carboxylic acids is 3. The Morgan fingerprint density at radius 1 is 1.10 bits per heavy atom. The molecule has 2 aliphatic rings. The van der Waals surface area contributed by atoms with Gasteiger partial charge >= 0.3 is 0 Å². The van der Waals surface area contributed by atoms with E-state index < -0.39 is 23.6 Å². The number of para-hydroxylation sites is 1. The van der Waals surface area contributed by atoms with E-state index in [1.54, 1.807) is 29.6 Å². The van der Waals surface area contributed by atoms with Crippen molar-refractivity contribution in [2.45, 2.75) is 31.2 Å². The minimum Gasteiger partial charge on any atom is -0.384 e. The summed E-state index contributed by atoms with van der Waals surface area (Å²) >= 11 is 1.39. The number of fused-ring (bicyclic) bond motifs is 2. The molecule has 1 unspecified atom stereocenters. The smallest absolute Gasteiger partial charge is 0.251 e. The summed E-state index contributed by atoms with van der Waals surface area (Å²) in [6, 6.07) is 15.5. The summed E-state index contributed by atoms with van der Waals surface area (Å²) in [5, 5.41) is 16.8. The van der Waals surface area contributed by atoms with Gasteiger partial charge in [-0.3, -0.25) is 19.8 Å². The van der Waals surface area contributed by atoms with Crippen LogP contribution in [0.25, 0.3) is 21.8 Å². The lowest BCUT2D eigenvalue weighted by Crippen LogP contribution is -2.49. The summed E-state index contributed by atoms with van der Waals surface area (Å²) in [4.78, 5) is 46.8. The Morgan fingerprint density at radius 3 is 2.62 bits per heavy atom. The Kier molecular flexibility index (Phi) is 7.35. The number of pyridine rings is 1. The van der Waals surface area contributed by atoms with Crippen molar-refractivity contribution in [2.24, 2.45) is 5.73 Å². The summed E-state index contributed by atoms with van der Waals surface area (Å²) in [7, 11) is 0.